The molecular weight excluding hydrogens is 268 g/mol. The number of nitrogens with one attached hydrogen (secondary N) is 1. The lowest BCUT2D eigenvalue weighted by molar-refractivity contribution is -0.143. The summed E-state index contributed by atoms with van der Waals surface area (Å²) in [5.41, 5.74) is 5.75. The van der Waals surface area contributed by atoms with Crippen LogP contribution in [0.2, 0.25) is 0 Å². The van der Waals surface area contributed by atoms with Crippen LogP contribution in [0.3, 0.4) is 0 Å². The van der Waals surface area contributed by atoms with Gasteiger partial charge in [0.15, 0.2) is 0 Å². The minimum atomic E-state index is -0.695. The summed E-state index contributed by atoms with van der Waals surface area (Å²) < 4.78 is 0. The molecule has 1 amide bonds. The first-order chi connectivity index (χ1) is 8.41. The number of carbonyl (C=O) groups excluding carboxylic acids is 1. The molecule has 0 saturated heterocycles. The van der Waals surface area contributed by atoms with Crippen LogP contribution in [-0.4, -0.2) is 29.6 Å². The molecule has 1 rings (SSSR count). The van der Waals surface area contributed by atoms with E-state index in [0.717, 1.165) is 12.8 Å². The van der Waals surface area contributed by atoms with Gasteiger partial charge in [0.05, 0.1) is 12.0 Å². The molecule has 6 heteroatoms. The molecule has 1 aliphatic rings. The van der Waals surface area contributed by atoms with Crippen LogP contribution in [0.25, 0.3) is 0 Å². The monoisotopic (exact) mass is 292 g/mol. The maximum atomic E-state index is 11.7. The molecule has 112 valence electrons. The molecule has 0 aliphatic heterocycles. The maximum Gasteiger partial charge on any atom is 0.306 e. The van der Waals surface area contributed by atoms with E-state index in [0.29, 0.717) is 25.3 Å². The Hall–Kier alpha value is -0.810. The molecular formula is C13H25ClN2O3. The summed E-state index contributed by atoms with van der Waals surface area (Å²) in [6, 6.07) is -0.458. The van der Waals surface area contributed by atoms with Gasteiger partial charge in [-0.15, -0.1) is 12.4 Å². The minimum Gasteiger partial charge on any atom is -0.481 e. The third-order valence-electron chi connectivity index (χ3n) is 3.78. The first kappa shape index (κ1) is 18.2. The van der Waals surface area contributed by atoms with E-state index >= 15 is 0 Å². The fourth-order valence-corrected chi connectivity index (χ4v) is 2.28. The lowest BCUT2D eigenvalue weighted by Gasteiger charge is -2.26. The predicted octanol–water partition coefficient (Wildman–Crippen LogP) is 1.40. The van der Waals surface area contributed by atoms with Gasteiger partial charge < -0.3 is 16.2 Å². The van der Waals surface area contributed by atoms with Crippen molar-refractivity contribution in [1.82, 2.24) is 5.32 Å². The van der Waals surface area contributed by atoms with Crippen molar-refractivity contribution in [1.29, 1.82) is 0 Å². The van der Waals surface area contributed by atoms with Gasteiger partial charge >= 0.3 is 5.97 Å². The Morgan fingerprint density at radius 1 is 1.26 bits per heavy atom. The first-order valence-corrected chi connectivity index (χ1v) is 6.68. The fraction of sp³-hybridized carbons (Fsp3) is 0.846. The quantitative estimate of drug-likeness (QED) is 0.714. The molecule has 0 unspecified atom stereocenters. The fourth-order valence-electron chi connectivity index (χ4n) is 2.28. The topological polar surface area (TPSA) is 92.4 Å². The van der Waals surface area contributed by atoms with Crippen LogP contribution in [0.4, 0.5) is 0 Å². The summed E-state index contributed by atoms with van der Waals surface area (Å²) in [6.45, 7) is 4.45. The number of rotatable bonds is 5. The Labute approximate surface area is 120 Å². The van der Waals surface area contributed by atoms with Crippen molar-refractivity contribution in [3.63, 3.8) is 0 Å². The van der Waals surface area contributed by atoms with Gasteiger partial charge in [-0.1, -0.05) is 13.8 Å². The molecule has 1 atom stereocenters. The van der Waals surface area contributed by atoms with E-state index in [1.165, 1.54) is 0 Å². The number of amides is 1. The first-order valence-electron chi connectivity index (χ1n) is 6.68. The van der Waals surface area contributed by atoms with Gasteiger partial charge in [0.2, 0.25) is 5.91 Å². The summed E-state index contributed by atoms with van der Waals surface area (Å²) >= 11 is 0. The Kier molecular flexibility index (Phi) is 8.02. The smallest absolute Gasteiger partial charge is 0.306 e. The highest BCUT2D eigenvalue weighted by Crippen LogP contribution is 2.28. The third kappa shape index (κ3) is 5.78. The standard InChI is InChI=1S/C13H24N2O3.ClH/c1-8(2)11(14)12(16)15-7-9-3-5-10(6-4-9)13(17)18;/h8-11H,3-7,14H2,1-2H3,(H,15,16)(H,17,18);1H/t9?,10?,11-;/m0./s1. The largest absolute Gasteiger partial charge is 0.481 e. The zero-order valence-electron chi connectivity index (χ0n) is 11.6. The number of nitrogens with two attached hydrogens (primary N) is 1. The number of carbonyl (C=O) groups is 2. The average molecular weight is 293 g/mol. The molecule has 1 aliphatic carbocycles. The molecule has 5 nitrogen and oxygen atoms in total. The lowest BCUT2D eigenvalue weighted by Crippen LogP contribution is -2.45. The van der Waals surface area contributed by atoms with Gasteiger partial charge in [-0.3, -0.25) is 9.59 Å². The summed E-state index contributed by atoms with van der Waals surface area (Å²) in [5.74, 6) is -0.476. The highest BCUT2D eigenvalue weighted by molar-refractivity contribution is 5.85. The molecule has 0 aromatic heterocycles. The van der Waals surface area contributed by atoms with E-state index in [1.807, 2.05) is 13.8 Å². The van der Waals surface area contributed by atoms with Crippen molar-refractivity contribution < 1.29 is 14.7 Å². The maximum absolute atomic E-state index is 11.7. The van der Waals surface area contributed by atoms with Crippen molar-refractivity contribution in [2.45, 2.75) is 45.6 Å². The number of carboxylic acid groups (broad SMARTS) is 1. The zero-order valence-corrected chi connectivity index (χ0v) is 12.4. The molecule has 4 N–H and O–H groups in total. The lowest BCUT2D eigenvalue weighted by atomic mass is 9.82. The summed E-state index contributed by atoms with van der Waals surface area (Å²) in [5, 5.41) is 11.8. The summed E-state index contributed by atoms with van der Waals surface area (Å²) in [7, 11) is 0. The molecule has 0 aromatic rings. The Morgan fingerprint density at radius 3 is 2.21 bits per heavy atom. The minimum absolute atomic E-state index is 0. The van der Waals surface area contributed by atoms with E-state index < -0.39 is 12.0 Å². The van der Waals surface area contributed by atoms with Crippen LogP contribution in [0.15, 0.2) is 0 Å². The zero-order chi connectivity index (χ0) is 13.7. The van der Waals surface area contributed by atoms with Crippen molar-refractivity contribution in [2.75, 3.05) is 6.54 Å². The van der Waals surface area contributed by atoms with Gasteiger partial charge in [0, 0.05) is 6.54 Å². The Bertz CT molecular complexity index is 302. The molecule has 0 spiro atoms. The predicted molar refractivity (Wildman–Crippen MR) is 76.2 cm³/mol. The molecule has 19 heavy (non-hydrogen) atoms. The normalized spacial score (nSPS) is 24.4. The number of carboxylic acids is 1. The van der Waals surface area contributed by atoms with Crippen LogP contribution in [0, 0.1) is 17.8 Å². The van der Waals surface area contributed by atoms with Gasteiger partial charge in [-0.25, -0.2) is 0 Å². The number of halogens is 1. The second-order valence-corrected chi connectivity index (χ2v) is 5.57. The molecule has 0 bridgehead atoms. The van der Waals surface area contributed by atoms with Crippen molar-refractivity contribution in [3.8, 4) is 0 Å². The van der Waals surface area contributed by atoms with Gasteiger partial charge in [-0.05, 0) is 37.5 Å². The van der Waals surface area contributed by atoms with Crippen LogP contribution in [0.5, 0.6) is 0 Å². The molecule has 0 heterocycles. The Balaban J connectivity index is 0.00000324. The average Bonchev–Trinajstić information content (AvgIpc) is 2.35. The number of hydrogen-bond donors (Lipinski definition) is 3. The molecule has 0 radical (unpaired) electrons. The van der Waals surface area contributed by atoms with Gasteiger partial charge in [0.25, 0.3) is 0 Å². The van der Waals surface area contributed by atoms with Crippen molar-refractivity contribution >= 4 is 24.3 Å². The highest BCUT2D eigenvalue weighted by atomic mass is 35.5. The Morgan fingerprint density at radius 2 is 1.79 bits per heavy atom. The SMILES string of the molecule is CC(C)[C@H](N)C(=O)NCC1CCC(C(=O)O)CC1.Cl. The molecule has 0 aromatic carbocycles. The van der Waals surface area contributed by atoms with Crippen molar-refractivity contribution in [3.05, 3.63) is 0 Å². The van der Waals surface area contributed by atoms with E-state index in [4.69, 9.17) is 10.8 Å². The van der Waals surface area contributed by atoms with Crippen LogP contribution in [-0.2, 0) is 9.59 Å². The molecule has 1 saturated carbocycles. The number of hydrogen-bond acceptors (Lipinski definition) is 3. The van der Waals surface area contributed by atoms with E-state index in [2.05, 4.69) is 5.32 Å². The summed E-state index contributed by atoms with van der Waals surface area (Å²) in [4.78, 5) is 22.5. The van der Waals surface area contributed by atoms with Gasteiger partial charge in [0.1, 0.15) is 0 Å². The summed E-state index contributed by atoms with van der Waals surface area (Å²) in [6.07, 6.45) is 3.17. The highest BCUT2D eigenvalue weighted by Gasteiger charge is 2.26. The van der Waals surface area contributed by atoms with E-state index in [1.54, 1.807) is 0 Å². The second-order valence-electron chi connectivity index (χ2n) is 5.57. The number of aliphatic carboxylic acids is 1. The third-order valence-corrected chi connectivity index (χ3v) is 3.78. The van der Waals surface area contributed by atoms with Gasteiger partial charge in [-0.2, -0.15) is 0 Å². The van der Waals surface area contributed by atoms with E-state index in [9.17, 15) is 9.59 Å². The second kappa shape index (κ2) is 8.38. The van der Waals surface area contributed by atoms with Crippen LogP contribution >= 0.6 is 12.4 Å². The van der Waals surface area contributed by atoms with Crippen LogP contribution in [0.1, 0.15) is 39.5 Å². The van der Waals surface area contributed by atoms with E-state index in [-0.39, 0.29) is 30.2 Å². The molecule has 1 fully saturated rings. The van der Waals surface area contributed by atoms with Crippen molar-refractivity contribution in [2.24, 2.45) is 23.5 Å². The van der Waals surface area contributed by atoms with Crippen LogP contribution < -0.4 is 11.1 Å².